The normalized spacial score (nSPS) is 11.9. The summed E-state index contributed by atoms with van der Waals surface area (Å²) in [6.07, 6.45) is 1.38. The van der Waals surface area contributed by atoms with E-state index in [4.69, 9.17) is 0 Å². The molecule has 9 heteroatoms. The van der Waals surface area contributed by atoms with Crippen molar-refractivity contribution in [3.05, 3.63) is 57.5 Å². The summed E-state index contributed by atoms with van der Waals surface area (Å²) in [7, 11) is -0.579. The van der Waals surface area contributed by atoms with E-state index in [0.717, 1.165) is 4.57 Å². The summed E-state index contributed by atoms with van der Waals surface area (Å²) in [5, 5.41) is 0. The van der Waals surface area contributed by atoms with Crippen molar-refractivity contribution >= 4 is 21.0 Å². The number of hydrogen-bond donors (Lipinski definition) is 0. The Hall–Kier alpha value is -2.68. The number of rotatable bonds is 4. The SMILES string of the molecule is Cn1c(=O)c2c(ncn2CCS(=O)(=O)c2ccccc2)n(C)c1=O. The van der Waals surface area contributed by atoms with Gasteiger partial charge in [0, 0.05) is 20.6 Å². The number of imidazole rings is 1. The molecule has 1 aromatic carbocycles. The number of sulfone groups is 1. The molecule has 0 saturated carbocycles. The van der Waals surface area contributed by atoms with Crippen molar-refractivity contribution in [2.75, 3.05) is 5.75 Å². The molecular formula is C15H16N4O4S. The van der Waals surface area contributed by atoms with Crippen LogP contribution in [0.5, 0.6) is 0 Å². The van der Waals surface area contributed by atoms with Gasteiger partial charge in [-0.25, -0.2) is 18.2 Å². The second kappa shape index (κ2) is 5.75. The van der Waals surface area contributed by atoms with Crippen molar-refractivity contribution in [3.63, 3.8) is 0 Å². The molecule has 2 heterocycles. The van der Waals surface area contributed by atoms with Crippen LogP contribution >= 0.6 is 0 Å². The molecule has 0 aliphatic heterocycles. The lowest BCUT2D eigenvalue weighted by Crippen LogP contribution is -2.37. The first-order chi connectivity index (χ1) is 11.3. The molecule has 3 rings (SSSR count). The number of aromatic nitrogens is 4. The minimum Gasteiger partial charge on any atom is -0.324 e. The van der Waals surface area contributed by atoms with Crippen LogP contribution in [-0.2, 0) is 30.5 Å². The van der Waals surface area contributed by atoms with E-state index in [1.165, 1.54) is 41.7 Å². The fourth-order valence-corrected chi connectivity index (χ4v) is 3.78. The molecular weight excluding hydrogens is 332 g/mol. The van der Waals surface area contributed by atoms with Gasteiger partial charge in [0.1, 0.15) is 0 Å². The third kappa shape index (κ3) is 2.56. The third-order valence-electron chi connectivity index (χ3n) is 3.92. The minimum atomic E-state index is -3.47. The van der Waals surface area contributed by atoms with E-state index < -0.39 is 21.1 Å². The lowest BCUT2D eigenvalue weighted by atomic mass is 10.4. The van der Waals surface area contributed by atoms with Crippen LogP contribution in [0.4, 0.5) is 0 Å². The average molecular weight is 348 g/mol. The van der Waals surface area contributed by atoms with Gasteiger partial charge in [-0.3, -0.25) is 13.9 Å². The maximum absolute atomic E-state index is 12.4. The number of aryl methyl sites for hydroxylation is 2. The highest BCUT2D eigenvalue weighted by Crippen LogP contribution is 2.12. The number of benzene rings is 1. The molecule has 0 unspecified atom stereocenters. The van der Waals surface area contributed by atoms with Crippen LogP contribution in [0, 0.1) is 0 Å². The summed E-state index contributed by atoms with van der Waals surface area (Å²) in [5.74, 6) is -0.172. The molecule has 0 fully saturated rings. The summed E-state index contributed by atoms with van der Waals surface area (Å²) in [6.45, 7) is 0.0706. The zero-order valence-electron chi connectivity index (χ0n) is 13.2. The zero-order chi connectivity index (χ0) is 17.5. The molecule has 8 nitrogen and oxygen atoms in total. The highest BCUT2D eigenvalue weighted by Gasteiger charge is 2.18. The van der Waals surface area contributed by atoms with Crippen LogP contribution in [0.3, 0.4) is 0 Å². The molecule has 0 spiro atoms. The molecule has 126 valence electrons. The molecule has 0 N–H and O–H groups in total. The first kappa shape index (κ1) is 16.2. The van der Waals surface area contributed by atoms with Crippen LogP contribution in [0.25, 0.3) is 11.2 Å². The first-order valence-corrected chi connectivity index (χ1v) is 8.87. The number of fused-ring (bicyclic) bond motifs is 1. The third-order valence-corrected chi connectivity index (χ3v) is 5.63. The highest BCUT2D eigenvalue weighted by atomic mass is 32.2. The van der Waals surface area contributed by atoms with E-state index >= 15 is 0 Å². The van der Waals surface area contributed by atoms with E-state index in [2.05, 4.69) is 4.98 Å². The summed E-state index contributed by atoms with van der Waals surface area (Å²) in [6, 6.07) is 8.12. The summed E-state index contributed by atoms with van der Waals surface area (Å²) < 4.78 is 28.4. The molecule has 0 saturated heterocycles. The van der Waals surface area contributed by atoms with Gasteiger partial charge in [-0.05, 0) is 12.1 Å². The second-order valence-electron chi connectivity index (χ2n) is 5.45. The van der Waals surface area contributed by atoms with Gasteiger partial charge in [0.15, 0.2) is 21.0 Å². The Morgan fingerprint density at radius 1 is 1.04 bits per heavy atom. The minimum absolute atomic E-state index is 0.0706. The van der Waals surface area contributed by atoms with Gasteiger partial charge in [-0.2, -0.15) is 0 Å². The Kier molecular flexibility index (Phi) is 3.88. The maximum atomic E-state index is 12.4. The number of hydrogen-bond acceptors (Lipinski definition) is 5. The summed E-state index contributed by atoms with van der Waals surface area (Å²) in [4.78, 5) is 28.5. The molecule has 0 atom stereocenters. The van der Waals surface area contributed by atoms with E-state index in [1.807, 2.05) is 0 Å². The molecule has 0 radical (unpaired) electrons. The Morgan fingerprint density at radius 2 is 1.71 bits per heavy atom. The van der Waals surface area contributed by atoms with Crippen molar-refractivity contribution < 1.29 is 8.42 Å². The van der Waals surface area contributed by atoms with Gasteiger partial charge < -0.3 is 4.57 Å². The molecule has 3 aromatic rings. The van der Waals surface area contributed by atoms with Gasteiger partial charge in [-0.15, -0.1) is 0 Å². The lowest BCUT2D eigenvalue weighted by molar-refractivity contribution is 0.589. The topological polar surface area (TPSA) is 96.0 Å². The van der Waals surface area contributed by atoms with Crippen LogP contribution in [0.15, 0.2) is 51.1 Å². The zero-order valence-corrected chi connectivity index (χ0v) is 14.0. The fraction of sp³-hybridized carbons (Fsp3) is 0.267. The van der Waals surface area contributed by atoms with Gasteiger partial charge >= 0.3 is 5.69 Å². The largest absolute Gasteiger partial charge is 0.332 e. The van der Waals surface area contributed by atoms with Crippen molar-refractivity contribution in [1.29, 1.82) is 0 Å². The summed E-state index contributed by atoms with van der Waals surface area (Å²) >= 11 is 0. The Labute approximate surface area is 137 Å². The molecule has 0 bridgehead atoms. The van der Waals surface area contributed by atoms with Gasteiger partial charge in [0.05, 0.1) is 17.0 Å². The van der Waals surface area contributed by atoms with E-state index in [1.54, 1.807) is 18.2 Å². The van der Waals surface area contributed by atoms with E-state index in [9.17, 15) is 18.0 Å². The van der Waals surface area contributed by atoms with Crippen molar-refractivity contribution in [3.8, 4) is 0 Å². The van der Waals surface area contributed by atoms with Gasteiger partial charge in [0.2, 0.25) is 0 Å². The van der Waals surface area contributed by atoms with Crippen LogP contribution in [0.1, 0.15) is 0 Å². The van der Waals surface area contributed by atoms with E-state index in [0.29, 0.717) is 0 Å². The van der Waals surface area contributed by atoms with Crippen molar-refractivity contribution in [1.82, 2.24) is 18.7 Å². The molecule has 0 amide bonds. The predicted octanol–water partition coefficient (Wildman–Crippen LogP) is -0.0924. The first-order valence-electron chi connectivity index (χ1n) is 7.21. The predicted molar refractivity (Wildman–Crippen MR) is 88.7 cm³/mol. The molecule has 2 aromatic heterocycles. The second-order valence-corrected chi connectivity index (χ2v) is 7.56. The van der Waals surface area contributed by atoms with Crippen LogP contribution in [-0.4, -0.2) is 32.9 Å². The summed E-state index contributed by atoms with van der Waals surface area (Å²) in [5.41, 5.74) is -0.527. The van der Waals surface area contributed by atoms with Crippen LogP contribution in [0.2, 0.25) is 0 Å². The van der Waals surface area contributed by atoms with Gasteiger partial charge in [-0.1, -0.05) is 18.2 Å². The Bertz CT molecular complexity index is 1120. The van der Waals surface area contributed by atoms with E-state index in [-0.39, 0.29) is 28.4 Å². The number of nitrogens with zero attached hydrogens (tertiary/aromatic N) is 4. The fourth-order valence-electron chi connectivity index (χ4n) is 2.53. The highest BCUT2D eigenvalue weighted by molar-refractivity contribution is 7.91. The molecule has 24 heavy (non-hydrogen) atoms. The smallest absolute Gasteiger partial charge is 0.324 e. The monoisotopic (exact) mass is 348 g/mol. The standard InChI is InChI=1S/C15H16N4O4S/c1-17-13-12(14(20)18(2)15(17)21)19(10-16-13)8-9-24(22,23)11-6-4-3-5-7-11/h3-7,10H,8-9H2,1-2H3. The lowest BCUT2D eigenvalue weighted by Gasteiger charge is -2.07. The molecule has 0 aliphatic rings. The average Bonchev–Trinajstić information content (AvgIpc) is 3.01. The van der Waals surface area contributed by atoms with Crippen LogP contribution < -0.4 is 11.2 Å². The molecule has 0 aliphatic carbocycles. The van der Waals surface area contributed by atoms with Crippen molar-refractivity contribution in [2.24, 2.45) is 14.1 Å². The maximum Gasteiger partial charge on any atom is 0.332 e. The van der Waals surface area contributed by atoms with Gasteiger partial charge in [0.25, 0.3) is 5.56 Å². The van der Waals surface area contributed by atoms with Crippen molar-refractivity contribution in [2.45, 2.75) is 11.4 Å². The Balaban J connectivity index is 2.01. The quantitative estimate of drug-likeness (QED) is 0.656. The Morgan fingerprint density at radius 3 is 2.38 bits per heavy atom.